The van der Waals surface area contributed by atoms with Crippen molar-refractivity contribution < 1.29 is 10.3 Å². The summed E-state index contributed by atoms with van der Waals surface area (Å²) in [5.41, 5.74) is 2.55. The minimum atomic E-state index is 0.264. The van der Waals surface area contributed by atoms with Crippen molar-refractivity contribution in [3.8, 4) is 5.75 Å². The fourth-order valence-electron chi connectivity index (χ4n) is 3.02. The summed E-state index contributed by atoms with van der Waals surface area (Å²) >= 11 is 0. The van der Waals surface area contributed by atoms with E-state index >= 15 is 0 Å². The molecule has 0 radical (unpaired) electrons. The van der Waals surface area contributed by atoms with Crippen LogP contribution in [0.2, 0.25) is 0 Å². The number of phenols is 1. The minimum Gasteiger partial charge on any atom is -0.508 e. The first-order valence-electron chi connectivity index (χ1n) is 5.98. The Kier molecular flexibility index (Phi) is 2.37. The molecule has 86 valence electrons. The molecule has 2 bridgehead atoms. The summed E-state index contributed by atoms with van der Waals surface area (Å²) in [5, 5.41) is 20.9. The van der Waals surface area contributed by atoms with Crippen LogP contribution in [0.3, 0.4) is 0 Å². The van der Waals surface area contributed by atoms with Gasteiger partial charge in [0, 0.05) is 12.6 Å². The molecule has 16 heavy (non-hydrogen) atoms. The van der Waals surface area contributed by atoms with E-state index in [0.29, 0.717) is 11.7 Å². The maximum atomic E-state index is 9.87. The summed E-state index contributed by atoms with van der Waals surface area (Å²) in [5.74, 6) is 0.887. The van der Waals surface area contributed by atoms with Crippen molar-refractivity contribution in [2.45, 2.75) is 31.7 Å². The zero-order chi connectivity index (χ0) is 11.1. The first-order valence-corrected chi connectivity index (χ1v) is 5.98. The van der Waals surface area contributed by atoms with E-state index in [-0.39, 0.29) is 6.04 Å². The van der Waals surface area contributed by atoms with Crippen LogP contribution in [-0.4, -0.2) is 28.0 Å². The van der Waals surface area contributed by atoms with Crippen molar-refractivity contribution in [2.75, 3.05) is 6.54 Å². The van der Waals surface area contributed by atoms with Gasteiger partial charge in [-0.15, -0.1) is 0 Å². The van der Waals surface area contributed by atoms with Crippen LogP contribution in [0, 0.1) is 5.92 Å². The van der Waals surface area contributed by atoms with Crippen LogP contribution in [0.15, 0.2) is 18.2 Å². The molecule has 1 aromatic rings. The Balaban J connectivity index is 1.99. The summed E-state index contributed by atoms with van der Waals surface area (Å²) in [7, 11) is 0. The monoisotopic (exact) mass is 219 g/mol. The van der Waals surface area contributed by atoms with Crippen LogP contribution < -0.4 is 0 Å². The van der Waals surface area contributed by atoms with E-state index in [0.717, 1.165) is 25.8 Å². The zero-order valence-corrected chi connectivity index (χ0v) is 9.26. The number of phenolic OH excluding ortho intramolecular Hbond substituents is 1. The number of rotatable bonds is 0. The fraction of sp³-hybridized carbons (Fsp3) is 0.538. The van der Waals surface area contributed by atoms with Gasteiger partial charge in [-0.25, -0.2) is 0 Å². The average Bonchev–Trinajstić information content (AvgIpc) is 2.21. The van der Waals surface area contributed by atoms with Gasteiger partial charge >= 0.3 is 0 Å². The van der Waals surface area contributed by atoms with Crippen molar-refractivity contribution in [3.05, 3.63) is 29.3 Å². The second kappa shape index (κ2) is 3.75. The van der Waals surface area contributed by atoms with E-state index in [1.807, 2.05) is 12.1 Å². The summed E-state index contributed by atoms with van der Waals surface area (Å²) in [4.78, 5) is 0. The topological polar surface area (TPSA) is 43.7 Å². The van der Waals surface area contributed by atoms with Crippen LogP contribution >= 0.6 is 0 Å². The number of hydroxylamine groups is 2. The van der Waals surface area contributed by atoms with Crippen LogP contribution in [-0.2, 0) is 12.8 Å². The molecule has 2 N–H and O–H groups in total. The molecule has 2 atom stereocenters. The molecule has 2 heterocycles. The lowest BCUT2D eigenvalue weighted by Crippen LogP contribution is -2.44. The van der Waals surface area contributed by atoms with Crippen molar-refractivity contribution in [1.29, 1.82) is 0 Å². The highest BCUT2D eigenvalue weighted by Gasteiger charge is 2.31. The number of benzene rings is 1. The Hall–Kier alpha value is -1.06. The molecule has 4 rings (SSSR count). The molecule has 2 unspecified atom stereocenters. The molecule has 3 aliphatic rings. The second-order valence-electron chi connectivity index (χ2n) is 5.08. The van der Waals surface area contributed by atoms with Gasteiger partial charge in [-0.1, -0.05) is 6.07 Å². The van der Waals surface area contributed by atoms with Crippen LogP contribution in [0.4, 0.5) is 0 Å². The van der Waals surface area contributed by atoms with E-state index < -0.39 is 0 Å². The Morgan fingerprint density at radius 3 is 2.81 bits per heavy atom. The number of nitrogens with zero attached hydrogens (tertiary/aromatic N) is 1. The predicted molar refractivity (Wildman–Crippen MR) is 60.5 cm³/mol. The predicted octanol–water partition coefficient (Wildman–Crippen LogP) is 1.96. The minimum absolute atomic E-state index is 0.264. The van der Waals surface area contributed by atoms with Crippen molar-refractivity contribution in [2.24, 2.45) is 5.92 Å². The summed E-state index contributed by atoms with van der Waals surface area (Å²) in [6.07, 6.45) is 4.16. The van der Waals surface area contributed by atoms with Gasteiger partial charge in [-0.05, 0) is 54.9 Å². The number of fused-ring (bicyclic) bond motifs is 2. The third-order valence-electron chi connectivity index (χ3n) is 3.93. The van der Waals surface area contributed by atoms with E-state index in [2.05, 4.69) is 0 Å². The molecule has 0 spiro atoms. The second-order valence-corrected chi connectivity index (χ2v) is 5.08. The first-order chi connectivity index (χ1) is 7.72. The van der Waals surface area contributed by atoms with Crippen molar-refractivity contribution in [1.82, 2.24) is 5.06 Å². The van der Waals surface area contributed by atoms with E-state index in [1.54, 1.807) is 6.07 Å². The molecule has 2 aliphatic heterocycles. The number of hydrogen-bond donors (Lipinski definition) is 2. The average molecular weight is 219 g/mol. The van der Waals surface area contributed by atoms with Gasteiger partial charge in [0.15, 0.2) is 0 Å². The maximum Gasteiger partial charge on any atom is 0.115 e. The van der Waals surface area contributed by atoms with E-state index in [9.17, 15) is 10.3 Å². The molecule has 1 fully saturated rings. The number of piperidine rings is 1. The van der Waals surface area contributed by atoms with Crippen molar-refractivity contribution >= 4 is 0 Å². The van der Waals surface area contributed by atoms with Gasteiger partial charge < -0.3 is 10.3 Å². The lowest BCUT2D eigenvalue weighted by Gasteiger charge is -2.38. The molecular formula is C13H17NO2. The van der Waals surface area contributed by atoms with Crippen LogP contribution in [0.25, 0.3) is 0 Å². The highest BCUT2D eigenvalue weighted by atomic mass is 16.5. The molecule has 1 aromatic carbocycles. The van der Waals surface area contributed by atoms with Gasteiger partial charge in [-0.3, -0.25) is 0 Å². The molecule has 1 saturated heterocycles. The molecule has 3 heteroatoms. The molecular weight excluding hydrogens is 202 g/mol. The highest BCUT2D eigenvalue weighted by Crippen LogP contribution is 2.32. The summed E-state index contributed by atoms with van der Waals surface area (Å²) in [6, 6.07) is 5.90. The third-order valence-corrected chi connectivity index (χ3v) is 3.93. The van der Waals surface area contributed by atoms with Crippen LogP contribution in [0.5, 0.6) is 5.75 Å². The quantitative estimate of drug-likeness (QED) is 0.701. The molecule has 1 aliphatic carbocycles. The highest BCUT2D eigenvalue weighted by molar-refractivity contribution is 5.36. The van der Waals surface area contributed by atoms with Gasteiger partial charge in [0.2, 0.25) is 0 Å². The first kappa shape index (κ1) is 10.1. The lowest BCUT2D eigenvalue weighted by atomic mass is 9.81. The Labute approximate surface area is 95.3 Å². The largest absolute Gasteiger partial charge is 0.508 e. The molecule has 0 aromatic heterocycles. The third kappa shape index (κ3) is 1.70. The molecule has 3 nitrogen and oxygen atoms in total. The van der Waals surface area contributed by atoms with Gasteiger partial charge in [0.05, 0.1) is 0 Å². The smallest absolute Gasteiger partial charge is 0.115 e. The normalized spacial score (nSPS) is 29.6. The Morgan fingerprint density at radius 1 is 1.12 bits per heavy atom. The van der Waals surface area contributed by atoms with Crippen LogP contribution in [0.1, 0.15) is 24.0 Å². The summed E-state index contributed by atoms with van der Waals surface area (Å²) in [6.45, 7) is 0.778. The fourth-order valence-corrected chi connectivity index (χ4v) is 3.02. The molecule has 0 saturated carbocycles. The Morgan fingerprint density at radius 2 is 2.00 bits per heavy atom. The van der Waals surface area contributed by atoms with Gasteiger partial charge in [0.1, 0.15) is 5.75 Å². The number of hydrogen-bond acceptors (Lipinski definition) is 3. The van der Waals surface area contributed by atoms with Gasteiger partial charge in [0.25, 0.3) is 0 Å². The standard InChI is InChI=1S/C13H17NO2/c15-13-4-2-10-6-12-3-1-9(8-14(12)16)5-11(10)7-13/h2,4,7,9,12,15-16H,1,3,5-6,8H2. The maximum absolute atomic E-state index is 9.87. The van der Waals surface area contributed by atoms with Gasteiger partial charge in [-0.2, -0.15) is 5.06 Å². The van der Waals surface area contributed by atoms with Crippen molar-refractivity contribution in [3.63, 3.8) is 0 Å². The van der Waals surface area contributed by atoms with E-state index in [4.69, 9.17) is 0 Å². The number of aromatic hydroxyl groups is 1. The molecule has 0 amide bonds. The zero-order valence-electron chi connectivity index (χ0n) is 9.26. The summed E-state index contributed by atoms with van der Waals surface area (Å²) < 4.78 is 0. The SMILES string of the molecule is Oc1ccc2c(c1)CC1CCC(C2)N(O)C1. The Bertz CT molecular complexity index is 405. The lowest BCUT2D eigenvalue weighted by molar-refractivity contribution is -0.155. The van der Waals surface area contributed by atoms with E-state index in [1.165, 1.54) is 22.6 Å².